The van der Waals surface area contributed by atoms with Crippen LogP contribution in [0.25, 0.3) is 0 Å². The Morgan fingerprint density at radius 3 is 2.50 bits per heavy atom. The Kier molecular flexibility index (Phi) is 5.55. The van der Waals surface area contributed by atoms with Gasteiger partial charge in [0.25, 0.3) is 0 Å². The second-order valence-corrected chi connectivity index (χ2v) is 15.1. The van der Waals surface area contributed by atoms with Gasteiger partial charge >= 0.3 is 5.97 Å². The molecule has 2 rings (SSSR count). The predicted octanol–water partition coefficient (Wildman–Crippen LogP) is 3.93. The smallest absolute Gasteiger partial charge is 0.354 e. The fourth-order valence-electron chi connectivity index (χ4n) is 2.68. The van der Waals surface area contributed by atoms with Crippen LogP contribution in [0.2, 0.25) is 18.1 Å². The minimum atomic E-state index is -1.97. The predicted molar refractivity (Wildman–Crippen MR) is 102 cm³/mol. The summed E-state index contributed by atoms with van der Waals surface area (Å²) in [5.41, 5.74) is 0.151. The lowest BCUT2D eigenvalue weighted by atomic mass is 9.92. The van der Waals surface area contributed by atoms with Crippen LogP contribution in [0.15, 0.2) is 9.93 Å². The first-order valence-corrected chi connectivity index (χ1v) is 13.0. The van der Waals surface area contributed by atoms with Gasteiger partial charge in [0, 0.05) is 0 Å². The number of amides is 1. The lowest BCUT2D eigenvalue weighted by molar-refractivity contribution is -0.156. The average Bonchev–Trinajstić information content (AvgIpc) is 2.72. The molecule has 1 amide bonds. The SMILES string of the molecule is CCSC1=C(C(=O)O)N2C(=O)[C@H]([C@@H](C)O[Si](C)(C)C(C)(C)C)[C@H]2S1. The number of β-lactam (4-membered cyclic amide) rings is 1. The lowest BCUT2D eigenvalue weighted by Gasteiger charge is -2.48. The Bertz CT molecular complexity index is 585. The van der Waals surface area contributed by atoms with Gasteiger partial charge < -0.3 is 9.53 Å². The fourth-order valence-corrected chi connectivity index (χ4v) is 6.94. The molecule has 0 aliphatic carbocycles. The molecule has 0 bridgehead atoms. The van der Waals surface area contributed by atoms with Crippen LogP contribution in [0, 0.1) is 5.92 Å². The summed E-state index contributed by atoms with van der Waals surface area (Å²) in [6.07, 6.45) is -0.201. The zero-order valence-corrected chi connectivity index (χ0v) is 18.0. The van der Waals surface area contributed by atoms with Crippen molar-refractivity contribution in [2.75, 3.05) is 5.75 Å². The van der Waals surface area contributed by atoms with Crippen molar-refractivity contribution >= 4 is 43.7 Å². The Balaban J connectivity index is 2.15. The van der Waals surface area contributed by atoms with E-state index in [1.165, 1.54) is 28.4 Å². The Morgan fingerprint density at radius 1 is 1.46 bits per heavy atom. The number of hydrogen-bond donors (Lipinski definition) is 1. The van der Waals surface area contributed by atoms with Gasteiger partial charge in [0.1, 0.15) is 5.37 Å². The summed E-state index contributed by atoms with van der Waals surface area (Å²) >= 11 is 2.99. The maximum atomic E-state index is 12.6. The second kappa shape index (κ2) is 6.70. The van der Waals surface area contributed by atoms with Crippen LogP contribution in [-0.4, -0.2) is 47.4 Å². The number of rotatable bonds is 6. The van der Waals surface area contributed by atoms with Gasteiger partial charge in [0.2, 0.25) is 5.91 Å². The number of carboxylic acid groups (broad SMARTS) is 1. The molecule has 0 saturated carbocycles. The zero-order valence-electron chi connectivity index (χ0n) is 15.4. The second-order valence-electron chi connectivity index (χ2n) is 7.70. The number of carbonyl (C=O) groups is 2. The van der Waals surface area contributed by atoms with Gasteiger partial charge in [-0.05, 0) is 30.8 Å². The van der Waals surface area contributed by atoms with Crippen LogP contribution in [0.1, 0.15) is 34.6 Å². The summed E-state index contributed by atoms with van der Waals surface area (Å²) < 4.78 is 7.12. The van der Waals surface area contributed by atoms with Crippen molar-refractivity contribution in [2.24, 2.45) is 5.92 Å². The maximum Gasteiger partial charge on any atom is 0.354 e. The lowest BCUT2D eigenvalue weighted by Crippen LogP contribution is -2.62. The third-order valence-electron chi connectivity index (χ3n) is 5.02. The van der Waals surface area contributed by atoms with Crippen LogP contribution >= 0.6 is 23.5 Å². The van der Waals surface area contributed by atoms with Gasteiger partial charge in [0.15, 0.2) is 14.0 Å². The molecular formula is C16H27NO4S2Si. The third kappa shape index (κ3) is 3.30. The molecule has 3 atom stereocenters. The summed E-state index contributed by atoms with van der Waals surface area (Å²) in [4.78, 5) is 25.6. The van der Waals surface area contributed by atoms with Crippen LogP contribution in [0.4, 0.5) is 0 Å². The van der Waals surface area contributed by atoms with E-state index in [0.29, 0.717) is 0 Å². The standard InChI is InChI=1S/C16H27NO4S2Si/c1-8-22-15-11(14(19)20)17-12(18)10(13(17)23-15)9(2)21-24(6,7)16(3,4)5/h9-10,13H,8H2,1-7H3,(H,19,20)/t9-,10+,13-/m1/s1. The molecule has 0 spiro atoms. The fraction of sp³-hybridized carbons (Fsp3) is 0.750. The molecule has 136 valence electrons. The highest BCUT2D eigenvalue weighted by atomic mass is 32.2. The number of carboxylic acids is 1. The highest BCUT2D eigenvalue weighted by Crippen LogP contribution is 2.54. The van der Waals surface area contributed by atoms with E-state index in [-0.39, 0.29) is 34.0 Å². The molecule has 8 heteroatoms. The van der Waals surface area contributed by atoms with E-state index in [9.17, 15) is 14.7 Å². The number of aliphatic carboxylic acids is 1. The van der Waals surface area contributed by atoms with E-state index < -0.39 is 14.3 Å². The molecule has 2 heterocycles. The molecule has 1 fully saturated rings. The molecule has 1 N–H and O–H groups in total. The van der Waals surface area contributed by atoms with Crippen LogP contribution in [-0.2, 0) is 14.0 Å². The summed E-state index contributed by atoms with van der Waals surface area (Å²) in [7, 11) is -1.97. The van der Waals surface area contributed by atoms with Gasteiger partial charge in [-0.2, -0.15) is 0 Å². The molecule has 0 radical (unpaired) electrons. The number of nitrogens with zero attached hydrogens (tertiary/aromatic N) is 1. The van der Waals surface area contributed by atoms with E-state index >= 15 is 0 Å². The first kappa shape index (κ1) is 19.9. The van der Waals surface area contributed by atoms with Crippen molar-refractivity contribution < 1.29 is 19.1 Å². The van der Waals surface area contributed by atoms with Gasteiger partial charge in [-0.3, -0.25) is 9.69 Å². The Labute approximate surface area is 153 Å². The highest BCUT2D eigenvalue weighted by molar-refractivity contribution is 8.22. The number of carbonyl (C=O) groups excluding carboxylic acids is 1. The number of hydrogen-bond acceptors (Lipinski definition) is 5. The molecule has 0 aromatic rings. The first-order chi connectivity index (χ1) is 10.9. The van der Waals surface area contributed by atoms with Crippen molar-refractivity contribution in [2.45, 2.75) is 64.2 Å². The molecule has 0 aromatic carbocycles. The minimum Gasteiger partial charge on any atom is -0.477 e. The van der Waals surface area contributed by atoms with Gasteiger partial charge in [-0.15, -0.1) is 11.8 Å². The van der Waals surface area contributed by atoms with Crippen molar-refractivity contribution in [3.05, 3.63) is 9.93 Å². The van der Waals surface area contributed by atoms with E-state index in [0.717, 1.165) is 9.99 Å². The minimum absolute atomic E-state index is 0.0737. The molecule has 2 aliphatic heterocycles. The van der Waals surface area contributed by atoms with Crippen LogP contribution < -0.4 is 0 Å². The Hall–Kier alpha value is -0.443. The largest absolute Gasteiger partial charge is 0.477 e. The molecule has 0 unspecified atom stereocenters. The molecule has 24 heavy (non-hydrogen) atoms. The van der Waals surface area contributed by atoms with E-state index in [1.807, 2.05) is 13.8 Å². The average molecular weight is 390 g/mol. The van der Waals surface area contributed by atoms with E-state index in [4.69, 9.17) is 4.43 Å². The molecular weight excluding hydrogens is 362 g/mol. The summed E-state index contributed by atoms with van der Waals surface area (Å²) in [6, 6.07) is 0. The molecule has 1 saturated heterocycles. The van der Waals surface area contributed by atoms with E-state index in [1.54, 1.807) is 0 Å². The number of fused-ring (bicyclic) bond motifs is 1. The van der Waals surface area contributed by atoms with Crippen LogP contribution in [0.3, 0.4) is 0 Å². The summed E-state index contributed by atoms with van der Waals surface area (Å²) in [6.45, 7) is 14.8. The van der Waals surface area contributed by atoms with Crippen molar-refractivity contribution in [3.8, 4) is 0 Å². The topological polar surface area (TPSA) is 66.8 Å². The number of thioether (sulfide) groups is 2. The van der Waals surface area contributed by atoms with Crippen LogP contribution in [0.5, 0.6) is 0 Å². The molecule has 2 aliphatic rings. The highest BCUT2D eigenvalue weighted by Gasteiger charge is 2.59. The Morgan fingerprint density at radius 2 is 2.04 bits per heavy atom. The zero-order chi connectivity index (χ0) is 18.4. The molecule has 0 aromatic heterocycles. The van der Waals surface area contributed by atoms with E-state index in [2.05, 4.69) is 33.9 Å². The molecule has 5 nitrogen and oxygen atoms in total. The van der Waals surface area contributed by atoms with Gasteiger partial charge in [0.05, 0.1) is 16.3 Å². The van der Waals surface area contributed by atoms with Crippen molar-refractivity contribution in [1.82, 2.24) is 4.90 Å². The summed E-state index contributed by atoms with van der Waals surface area (Å²) in [5.74, 6) is -0.629. The normalized spacial score (nSPS) is 25.6. The first-order valence-electron chi connectivity index (χ1n) is 8.20. The third-order valence-corrected chi connectivity index (χ3v) is 12.1. The monoisotopic (exact) mass is 389 g/mol. The van der Waals surface area contributed by atoms with Crippen molar-refractivity contribution in [1.29, 1.82) is 0 Å². The quantitative estimate of drug-likeness (QED) is 0.548. The maximum absolute atomic E-state index is 12.6. The summed E-state index contributed by atoms with van der Waals surface area (Å²) in [5, 5.41) is 9.40. The van der Waals surface area contributed by atoms with Crippen molar-refractivity contribution in [3.63, 3.8) is 0 Å². The van der Waals surface area contributed by atoms with Gasteiger partial charge in [-0.25, -0.2) is 4.79 Å². The van der Waals surface area contributed by atoms with Gasteiger partial charge in [-0.1, -0.05) is 39.5 Å².